The molecule has 6 heteroatoms. The van der Waals surface area contributed by atoms with E-state index in [1.54, 1.807) is 6.07 Å². The van der Waals surface area contributed by atoms with Crippen LogP contribution in [0, 0.1) is 0 Å². The van der Waals surface area contributed by atoms with Crippen LogP contribution in [0.25, 0.3) is 11.1 Å². The van der Waals surface area contributed by atoms with Crippen LogP contribution in [-0.2, 0) is 0 Å². The quantitative estimate of drug-likeness (QED) is 0.768. The minimum absolute atomic E-state index is 0.0598. The van der Waals surface area contributed by atoms with Gasteiger partial charge < -0.3 is 5.11 Å². The van der Waals surface area contributed by atoms with Crippen LogP contribution >= 0.6 is 46.4 Å². The van der Waals surface area contributed by atoms with E-state index in [2.05, 4.69) is 0 Å². The van der Waals surface area contributed by atoms with Gasteiger partial charge in [0.25, 0.3) is 0 Å². The highest BCUT2D eigenvalue weighted by Crippen LogP contribution is 2.38. The molecule has 0 amide bonds. The highest BCUT2D eigenvalue weighted by molar-refractivity contribution is 6.42. The molecular formula is C13H6Cl4O2. The first-order valence-electron chi connectivity index (χ1n) is 5.07. The summed E-state index contributed by atoms with van der Waals surface area (Å²) in [7, 11) is 0. The van der Waals surface area contributed by atoms with Gasteiger partial charge in [-0.3, -0.25) is 0 Å². The van der Waals surface area contributed by atoms with Crippen molar-refractivity contribution in [2.75, 3.05) is 0 Å². The van der Waals surface area contributed by atoms with Crippen molar-refractivity contribution >= 4 is 52.4 Å². The zero-order valence-corrected chi connectivity index (χ0v) is 12.3. The first-order chi connectivity index (χ1) is 8.88. The van der Waals surface area contributed by atoms with Crippen LogP contribution in [0.4, 0.5) is 0 Å². The molecule has 0 aromatic heterocycles. The second-order valence-electron chi connectivity index (χ2n) is 3.78. The molecule has 0 bridgehead atoms. The van der Waals surface area contributed by atoms with Crippen molar-refractivity contribution in [3.8, 4) is 11.1 Å². The molecule has 0 spiro atoms. The molecule has 0 heterocycles. The molecule has 0 atom stereocenters. The Morgan fingerprint density at radius 1 is 0.842 bits per heavy atom. The third kappa shape index (κ3) is 3.15. The van der Waals surface area contributed by atoms with Crippen molar-refractivity contribution in [2.24, 2.45) is 0 Å². The molecule has 0 radical (unpaired) electrons. The molecule has 0 aliphatic carbocycles. The van der Waals surface area contributed by atoms with E-state index >= 15 is 0 Å². The van der Waals surface area contributed by atoms with Crippen LogP contribution in [0.3, 0.4) is 0 Å². The summed E-state index contributed by atoms with van der Waals surface area (Å²) < 4.78 is 0. The van der Waals surface area contributed by atoms with Crippen molar-refractivity contribution in [1.29, 1.82) is 0 Å². The van der Waals surface area contributed by atoms with Gasteiger partial charge in [-0.05, 0) is 35.9 Å². The molecule has 1 N–H and O–H groups in total. The highest BCUT2D eigenvalue weighted by Gasteiger charge is 2.13. The normalized spacial score (nSPS) is 10.5. The number of halogens is 4. The summed E-state index contributed by atoms with van der Waals surface area (Å²) in [6.07, 6.45) is 0. The van der Waals surface area contributed by atoms with Gasteiger partial charge in [0.15, 0.2) is 0 Å². The van der Waals surface area contributed by atoms with Gasteiger partial charge in [0.05, 0.1) is 15.6 Å². The molecule has 0 saturated heterocycles. The summed E-state index contributed by atoms with van der Waals surface area (Å²) in [5.74, 6) is -1.08. The molecule has 0 unspecified atom stereocenters. The molecule has 2 aromatic carbocycles. The number of carboxylic acid groups (broad SMARTS) is 1. The summed E-state index contributed by atoms with van der Waals surface area (Å²) in [6, 6.07) is 7.46. The SMILES string of the molecule is O=C(O)c1cc(Cl)cc(-c2c(Cl)cc(Cl)cc2Cl)c1. The van der Waals surface area contributed by atoms with E-state index in [1.807, 2.05) is 0 Å². The lowest BCUT2D eigenvalue weighted by Crippen LogP contribution is -1.96. The minimum atomic E-state index is -1.08. The zero-order valence-electron chi connectivity index (χ0n) is 9.25. The minimum Gasteiger partial charge on any atom is -0.478 e. The van der Waals surface area contributed by atoms with Crippen molar-refractivity contribution < 1.29 is 9.90 Å². The molecule has 0 aliphatic heterocycles. The van der Waals surface area contributed by atoms with Gasteiger partial charge in [-0.1, -0.05) is 46.4 Å². The summed E-state index contributed by atoms with van der Waals surface area (Å²) in [5, 5.41) is 10.4. The maximum atomic E-state index is 11.0. The van der Waals surface area contributed by atoms with E-state index in [0.29, 0.717) is 26.2 Å². The van der Waals surface area contributed by atoms with Gasteiger partial charge in [-0.2, -0.15) is 0 Å². The Labute approximate surface area is 129 Å². The van der Waals surface area contributed by atoms with Gasteiger partial charge >= 0.3 is 5.97 Å². The largest absolute Gasteiger partial charge is 0.478 e. The van der Waals surface area contributed by atoms with Crippen LogP contribution in [-0.4, -0.2) is 11.1 Å². The fraction of sp³-hybridized carbons (Fsp3) is 0. The number of carboxylic acids is 1. The van der Waals surface area contributed by atoms with Crippen LogP contribution in [0.2, 0.25) is 20.1 Å². The molecule has 0 aliphatic rings. The van der Waals surface area contributed by atoms with Gasteiger partial charge in [-0.15, -0.1) is 0 Å². The van der Waals surface area contributed by atoms with Gasteiger partial charge in [-0.25, -0.2) is 4.79 Å². The summed E-state index contributed by atoms with van der Waals surface area (Å²) >= 11 is 23.9. The Balaban J connectivity index is 2.69. The van der Waals surface area contributed by atoms with E-state index in [1.165, 1.54) is 24.3 Å². The third-order valence-electron chi connectivity index (χ3n) is 2.44. The Morgan fingerprint density at radius 3 is 1.89 bits per heavy atom. The van der Waals surface area contributed by atoms with Gasteiger partial charge in [0, 0.05) is 15.6 Å². The number of aromatic carboxylic acids is 1. The second kappa shape index (κ2) is 5.59. The average molecular weight is 336 g/mol. The maximum Gasteiger partial charge on any atom is 0.335 e. The molecule has 2 aromatic rings. The van der Waals surface area contributed by atoms with E-state index < -0.39 is 5.97 Å². The Kier molecular flexibility index (Phi) is 4.26. The van der Waals surface area contributed by atoms with E-state index in [9.17, 15) is 4.79 Å². The monoisotopic (exact) mass is 334 g/mol. The zero-order chi connectivity index (χ0) is 14.2. The number of hydrogen-bond acceptors (Lipinski definition) is 1. The van der Waals surface area contributed by atoms with Crippen LogP contribution in [0.15, 0.2) is 30.3 Å². The van der Waals surface area contributed by atoms with Crippen LogP contribution in [0.1, 0.15) is 10.4 Å². The van der Waals surface area contributed by atoms with Crippen molar-refractivity contribution in [3.05, 3.63) is 56.0 Å². The second-order valence-corrected chi connectivity index (χ2v) is 5.47. The lowest BCUT2D eigenvalue weighted by molar-refractivity contribution is 0.0697. The molecular weight excluding hydrogens is 330 g/mol. The van der Waals surface area contributed by atoms with Crippen LogP contribution < -0.4 is 0 Å². The average Bonchev–Trinajstić information content (AvgIpc) is 2.26. The van der Waals surface area contributed by atoms with Gasteiger partial charge in [0.2, 0.25) is 0 Å². The Hall–Kier alpha value is -0.930. The number of hydrogen-bond donors (Lipinski definition) is 1. The fourth-order valence-corrected chi connectivity index (χ4v) is 2.95. The summed E-state index contributed by atoms with van der Waals surface area (Å²) in [4.78, 5) is 11.0. The van der Waals surface area contributed by atoms with Gasteiger partial charge in [0.1, 0.15) is 0 Å². The number of benzene rings is 2. The van der Waals surface area contributed by atoms with Crippen molar-refractivity contribution in [3.63, 3.8) is 0 Å². The third-order valence-corrected chi connectivity index (χ3v) is 3.47. The molecule has 19 heavy (non-hydrogen) atoms. The lowest BCUT2D eigenvalue weighted by atomic mass is 10.0. The number of rotatable bonds is 2. The predicted molar refractivity (Wildman–Crippen MR) is 78.9 cm³/mol. The first kappa shape index (κ1) is 14.5. The molecule has 0 saturated carbocycles. The highest BCUT2D eigenvalue weighted by atomic mass is 35.5. The molecule has 2 nitrogen and oxygen atoms in total. The standard InChI is InChI=1S/C13H6Cl4O2/c14-8-2-6(1-7(3-8)13(18)19)12-10(16)4-9(15)5-11(12)17/h1-5H,(H,18,19). The van der Waals surface area contributed by atoms with Crippen molar-refractivity contribution in [1.82, 2.24) is 0 Å². The lowest BCUT2D eigenvalue weighted by Gasteiger charge is -2.09. The van der Waals surface area contributed by atoms with Crippen LogP contribution in [0.5, 0.6) is 0 Å². The number of carbonyl (C=O) groups is 1. The molecule has 98 valence electrons. The fourth-order valence-electron chi connectivity index (χ4n) is 1.68. The molecule has 2 rings (SSSR count). The van der Waals surface area contributed by atoms with Crippen molar-refractivity contribution in [2.45, 2.75) is 0 Å². The smallest absolute Gasteiger partial charge is 0.335 e. The Morgan fingerprint density at radius 2 is 1.37 bits per heavy atom. The maximum absolute atomic E-state index is 11.0. The van der Waals surface area contributed by atoms with E-state index in [-0.39, 0.29) is 10.6 Å². The summed E-state index contributed by atoms with van der Waals surface area (Å²) in [6.45, 7) is 0. The Bertz CT molecular complexity index is 645. The predicted octanol–water partition coefficient (Wildman–Crippen LogP) is 5.67. The molecule has 0 fully saturated rings. The van der Waals surface area contributed by atoms with E-state index in [0.717, 1.165) is 0 Å². The first-order valence-corrected chi connectivity index (χ1v) is 6.58. The topological polar surface area (TPSA) is 37.3 Å². The summed E-state index contributed by atoms with van der Waals surface area (Å²) in [5.41, 5.74) is 1.08. The van der Waals surface area contributed by atoms with E-state index in [4.69, 9.17) is 51.5 Å².